The molecule has 0 fully saturated rings. The molecule has 3 rings (SSSR count). The lowest BCUT2D eigenvalue weighted by Gasteiger charge is -2.26. The number of hydrogen-bond donors (Lipinski definition) is 2. The van der Waals surface area contributed by atoms with Crippen LogP contribution in [0.15, 0.2) is 54.1 Å². The fourth-order valence-electron chi connectivity index (χ4n) is 2.45. The minimum Gasteiger partial charge on any atom is -0.480 e. The molecule has 21 heavy (non-hydrogen) atoms. The molecule has 0 saturated carbocycles. The molecule has 4 heteroatoms. The Bertz CT molecular complexity index is 721. The molecule has 1 heterocycles. The first-order valence-corrected chi connectivity index (χ1v) is 6.68. The van der Waals surface area contributed by atoms with E-state index < -0.39 is 12.1 Å². The quantitative estimate of drug-likeness (QED) is 0.907. The van der Waals surface area contributed by atoms with Crippen molar-refractivity contribution in [2.45, 2.75) is 12.6 Å². The zero-order valence-corrected chi connectivity index (χ0v) is 11.3. The predicted molar refractivity (Wildman–Crippen MR) is 79.8 cm³/mol. The van der Waals surface area contributed by atoms with Gasteiger partial charge in [0.15, 0.2) is 6.10 Å². The highest BCUT2D eigenvalue weighted by Crippen LogP contribution is 2.37. The third-order valence-electron chi connectivity index (χ3n) is 3.49. The first-order chi connectivity index (χ1) is 10.2. The lowest BCUT2D eigenvalue weighted by Crippen LogP contribution is -2.20. The molecule has 0 amide bonds. The molecule has 1 atom stereocenters. The Morgan fingerprint density at radius 2 is 2.00 bits per heavy atom. The molecule has 1 aliphatic rings. The second-order valence-corrected chi connectivity index (χ2v) is 4.89. The first kappa shape index (κ1) is 13.4. The first-order valence-electron chi connectivity index (χ1n) is 6.68. The van der Waals surface area contributed by atoms with Gasteiger partial charge in [-0.25, -0.2) is 4.79 Å². The molecular formula is C17H15NO3. The topological polar surface area (TPSA) is 72.5 Å². The largest absolute Gasteiger partial charge is 0.480 e. The molecule has 0 aliphatic carbocycles. The van der Waals surface area contributed by atoms with E-state index in [-0.39, 0.29) is 5.57 Å². The van der Waals surface area contributed by atoms with Crippen LogP contribution < -0.4 is 10.5 Å². The van der Waals surface area contributed by atoms with Crippen LogP contribution in [-0.4, -0.2) is 11.1 Å². The van der Waals surface area contributed by atoms with Crippen LogP contribution in [0, 0.1) is 0 Å². The van der Waals surface area contributed by atoms with Gasteiger partial charge in [-0.3, -0.25) is 0 Å². The van der Waals surface area contributed by atoms with Crippen LogP contribution in [0.2, 0.25) is 0 Å². The number of carboxylic acids is 1. The summed E-state index contributed by atoms with van der Waals surface area (Å²) in [5, 5.41) is 9.45. The van der Waals surface area contributed by atoms with Crippen LogP contribution in [0.3, 0.4) is 0 Å². The molecule has 0 aromatic heterocycles. The molecule has 2 aromatic rings. The zero-order chi connectivity index (χ0) is 14.8. The number of fused-ring (bicyclic) bond motifs is 1. The van der Waals surface area contributed by atoms with Crippen molar-refractivity contribution >= 4 is 12.0 Å². The summed E-state index contributed by atoms with van der Waals surface area (Å²) in [7, 11) is 0. The normalized spacial score (nSPS) is 16.6. The van der Waals surface area contributed by atoms with Crippen LogP contribution in [0.4, 0.5) is 0 Å². The van der Waals surface area contributed by atoms with Gasteiger partial charge in [0, 0.05) is 12.1 Å². The van der Waals surface area contributed by atoms with Crippen molar-refractivity contribution < 1.29 is 14.6 Å². The van der Waals surface area contributed by atoms with Gasteiger partial charge in [-0.15, -0.1) is 0 Å². The van der Waals surface area contributed by atoms with Crippen molar-refractivity contribution in [3.8, 4) is 5.75 Å². The Kier molecular flexibility index (Phi) is 3.46. The molecule has 1 unspecified atom stereocenters. The number of benzene rings is 2. The summed E-state index contributed by atoms with van der Waals surface area (Å²) in [6.45, 7) is 0.406. The van der Waals surface area contributed by atoms with E-state index in [9.17, 15) is 9.90 Å². The molecule has 0 spiro atoms. The highest BCUT2D eigenvalue weighted by atomic mass is 16.5. The second kappa shape index (κ2) is 5.42. The van der Waals surface area contributed by atoms with E-state index in [0.717, 1.165) is 16.7 Å². The molecule has 106 valence electrons. The maximum atomic E-state index is 11.5. The van der Waals surface area contributed by atoms with Gasteiger partial charge in [-0.2, -0.15) is 0 Å². The Morgan fingerprint density at radius 3 is 2.76 bits per heavy atom. The maximum Gasteiger partial charge on any atom is 0.335 e. The summed E-state index contributed by atoms with van der Waals surface area (Å²) in [5.74, 6) is -0.293. The van der Waals surface area contributed by atoms with Crippen LogP contribution >= 0.6 is 0 Å². The second-order valence-electron chi connectivity index (χ2n) is 4.89. The number of carboxylic acid groups (broad SMARTS) is 1. The van der Waals surface area contributed by atoms with E-state index in [1.807, 2.05) is 48.5 Å². The molecule has 2 aromatic carbocycles. The molecular weight excluding hydrogens is 266 g/mol. The number of aliphatic carboxylic acids is 1. The third kappa shape index (κ3) is 2.53. The zero-order valence-electron chi connectivity index (χ0n) is 11.3. The minimum atomic E-state index is -0.979. The van der Waals surface area contributed by atoms with Gasteiger partial charge in [-0.1, -0.05) is 42.5 Å². The molecule has 4 nitrogen and oxygen atoms in total. The monoisotopic (exact) mass is 281 g/mol. The lowest BCUT2D eigenvalue weighted by molar-refractivity contribution is -0.133. The summed E-state index contributed by atoms with van der Waals surface area (Å²) in [6.07, 6.45) is 1.05. The number of ether oxygens (including phenoxy) is 1. The highest BCUT2D eigenvalue weighted by Gasteiger charge is 2.28. The summed E-state index contributed by atoms with van der Waals surface area (Å²) in [4.78, 5) is 11.5. The smallest absolute Gasteiger partial charge is 0.335 e. The van der Waals surface area contributed by atoms with Crippen LogP contribution in [0.25, 0.3) is 6.08 Å². The fraction of sp³-hybridized carbons (Fsp3) is 0.118. The van der Waals surface area contributed by atoms with Gasteiger partial charge in [0.25, 0.3) is 0 Å². The van der Waals surface area contributed by atoms with Crippen molar-refractivity contribution in [3.05, 3.63) is 70.8 Å². The van der Waals surface area contributed by atoms with Crippen molar-refractivity contribution in [3.63, 3.8) is 0 Å². The minimum absolute atomic E-state index is 0.225. The van der Waals surface area contributed by atoms with E-state index >= 15 is 0 Å². The van der Waals surface area contributed by atoms with Gasteiger partial charge in [0.05, 0.1) is 5.57 Å². The SMILES string of the molecule is NCc1cccc(C2Oc3ccccc3C=C2C(=O)O)c1. The fourth-order valence-corrected chi connectivity index (χ4v) is 2.45. The van der Waals surface area contributed by atoms with E-state index in [1.54, 1.807) is 6.08 Å². The predicted octanol–water partition coefficient (Wildman–Crippen LogP) is 2.75. The Labute approximate surface area is 122 Å². The summed E-state index contributed by atoms with van der Waals surface area (Å²) in [6, 6.07) is 14.9. The van der Waals surface area contributed by atoms with E-state index in [1.165, 1.54) is 0 Å². The number of rotatable bonds is 3. The van der Waals surface area contributed by atoms with Gasteiger partial charge in [0.1, 0.15) is 5.75 Å². The van der Waals surface area contributed by atoms with Gasteiger partial charge >= 0.3 is 5.97 Å². The molecule has 0 saturated heterocycles. The van der Waals surface area contributed by atoms with Gasteiger partial charge < -0.3 is 15.6 Å². The standard InChI is InChI=1S/C17H15NO3/c18-10-11-4-3-6-13(8-11)16-14(17(19)20)9-12-5-1-2-7-15(12)21-16/h1-9,16H,10,18H2,(H,19,20). The molecule has 0 bridgehead atoms. The van der Waals surface area contributed by atoms with Crippen LogP contribution in [0.5, 0.6) is 5.75 Å². The van der Waals surface area contributed by atoms with E-state index in [4.69, 9.17) is 10.5 Å². The average Bonchev–Trinajstić information content (AvgIpc) is 2.53. The average molecular weight is 281 g/mol. The van der Waals surface area contributed by atoms with Crippen molar-refractivity contribution in [1.82, 2.24) is 0 Å². The van der Waals surface area contributed by atoms with Crippen LogP contribution in [0.1, 0.15) is 22.8 Å². The van der Waals surface area contributed by atoms with E-state index in [2.05, 4.69) is 0 Å². The Balaban J connectivity index is 2.08. The molecule has 0 radical (unpaired) electrons. The Morgan fingerprint density at radius 1 is 1.19 bits per heavy atom. The van der Waals surface area contributed by atoms with Crippen molar-refractivity contribution in [2.24, 2.45) is 5.73 Å². The van der Waals surface area contributed by atoms with Crippen molar-refractivity contribution in [2.75, 3.05) is 0 Å². The summed E-state index contributed by atoms with van der Waals surface area (Å²) >= 11 is 0. The maximum absolute atomic E-state index is 11.5. The summed E-state index contributed by atoms with van der Waals surface area (Å²) in [5.41, 5.74) is 8.39. The molecule has 1 aliphatic heterocycles. The lowest BCUT2D eigenvalue weighted by atomic mass is 9.95. The van der Waals surface area contributed by atoms with Gasteiger partial charge in [0.2, 0.25) is 0 Å². The number of nitrogens with two attached hydrogens (primary N) is 1. The van der Waals surface area contributed by atoms with E-state index in [0.29, 0.717) is 12.3 Å². The van der Waals surface area contributed by atoms with Crippen molar-refractivity contribution in [1.29, 1.82) is 0 Å². The van der Waals surface area contributed by atoms with Crippen LogP contribution in [-0.2, 0) is 11.3 Å². The highest BCUT2D eigenvalue weighted by molar-refractivity contribution is 5.95. The van der Waals surface area contributed by atoms with Gasteiger partial charge in [-0.05, 0) is 23.3 Å². The molecule has 3 N–H and O–H groups in total. The number of para-hydroxylation sites is 1. The Hall–Kier alpha value is -2.59. The summed E-state index contributed by atoms with van der Waals surface area (Å²) < 4.78 is 5.90. The number of carbonyl (C=O) groups is 1. The third-order valence-corrected chi connectivity index (χ3v) is 3.49. The number of hydrogen-bond acceptors (Lipinski definition) is 3.